The molecule has 0 saturated heterocycles. The molecule has 180 valence electrons. The van der Waals surface area contributed by atoms with Crippen molar-refractivity contribution in [2.24, 2.45) is 0 Å². The number of pyridine rings is 1. The van der Waals surface area contributed by atoms with E-state index in [0.29, 0.717) is 23.1 Å². The zero-order valence-corrected chi connectivity index (χ0v) is 17.5. The molecule has 0 unspecified atom stereocenters. The van der Waals surface area contributed by atoms with Crippen LogP contribution in [0.3, 0.4) is 0 Å². The Balaban J connectivity index is 1.75. The van der Waals surface area contributed by atoms with Crippen molar-refractivity contribution in [3.8, 4) is 11.1 Å². The molecule has 2 aromatic carbocycles. The SMILES string of the molecule is O=C(NCc1cc(C(F)(F)F)cc(C(F)(F)F)c1)c1oc(=O)c2ncccc2c1-c1ccccc1. The molecule has 4 aromatic rings. The third-order valence-electron chi connectivity index (χ3n) is 5.06. The highest BCUT2D eigenvalue weighted by Crippen LogP contribution is 2.36. The number of fused-ring (bicyclic) bond motifs is 1. The number of hydrogen-bond acceptors (Lipinski definition) is 4. The Morgan fingerprint density at radius 2 is 1.51 bits per heavy atom. The third kappa shape index (κ3) is 5.03. The van der Waals surface area contributed by atoms with Crippen LogP contribution in [-0.4, -0.2) is 10.9 Å². The number of amides is 1. The highest BCUT2D eigenvalue weighted by Gasteiger charge is 2.37. The number of hydrogen-bond donors (Lipinski definition) is 1. The number of alkyl halides is 6. The molecule has 0 saturated carbocycles. The second kappa shape index (κ2) is 8.90. The number of carbonyl (C=O) groups excluding carboxylic acids is 1. The minimum atomic E-state index is -5.03. The summed E-state index contributed by atoms with van der Waals surface area (Å²) in [7, 11) is 0. The summed E-state index contributed by atoms with van der Waals surface area (Å²) in [4.78, 5) is 29.4. The zero-order valence-electron chi connectivity index (χ0n) is 17.5. The van der Waals surface area contributed by atoms with Crippen LogP contribution in [0.15, 0.2) is 76.1 Å². The van der Waals surface area contributed by atoms with E-state index in [1.54, 1.807) is 36.4 Å². The van der Waals surface area contributed by atoms with Gasteiger partial charge in [0.25, 0.3) is 5.91 Å². The molecule has 0 spiro atoms. The largest absolute Gasteiger partial charge is 0.416 e. The highest BCUT2D eigenvalue weighted by atomic mass is 19.4. The summed E-state index contributed by atoms with van der Waals surface area (Å²) in [6.45, 7) is -0.686. The van der Waals surface area contributed by atoms with Gasteiger partial charge in [0.2, 0.25) is 5.76 Å². The Bertz CT molecular complexity index is 1430. The maximum absolute atomic E-state index is 13.1. The number of halogens is 6. The van der Waals surface area contributed by atoms with Crippen molar-refractivity contribution in [2.75, 3.05) is 0 Å². The third-order valence-corrected chi connectivity index (χ3v) is 5.06. The lowest BCUT2D eigenvalue weighted by atomic mass is 9.99. The van der Waals surface area contributed by atoms with E-state index in [2.05, 4.69) is 10.3 Å². The van der Waals surface area contributed by atoms with Gasteiger partial charge in [0, 0.05) is 23.7 Å². The summed E-state index contributed by atoms with van der Waals surface area (Å²) in [6.07, 6.45) is -8.70. The van der Waals surface area contributed by atoms with Crippen LogP contribution in [0.2, 0.25) is 0 Å². The number of rotatable bonds is 4. The molecule has 0 radical (unpaired) electrons. The molecule has 5 nitrogen and oxygen atoms in total. The minimum Gasteiger partial charge on any atom is -0.415 e. The lowest BCUT2D eigenvalue weighted by molar-refractivity contribution is -0.143. The molecule has 0 fully saturated rings. The molecule has 11 heteroatoms. The van der Waals surface area contributed by atoms with Gasteiger partial charge in [0.05, 0.1) is 11.1 Å². The fourth-order valence-electron chi connectivity index (χ4n) is 3.52. The topological polar surface area (TPSA) is 72.2 Å². The first-order valence-corrected chi connectivity index (χ1v) is 9.99. The number of carbonyl (C=O) groups is 1. The molecule has 0 bridgehead atoms. The predicted molar refractivity (Wildman–Crippen MR) is 113 cm³/mol. The Hall–Kier alpha value is -4.15. The fourth-order valence-corrected chi connectivity index (χ4v) is 3.52. The van der Waals surface area contributed by atoms with Crippen LogP contribution >= 0.6 is 0 Å². The number of aromatic nitrogens is 1. The quantitative estimate of drug-likeness (QED) is 0.365. The van der Waals surface area contributed by atoms with Gasteiger partial charge in [-0.05, 0) is 35.4 Å². The first kappa shape index (κ1) is 24.0. The van der Waals surface area contributed by atoms with E-state index in [4.69, 9.17) is 4.42 Å². The van der Waals surface area contributed by atoms with Gasteiger partial charge in [-0.3, -0.25) is 4.79 Å². The van der Waals surface area contributed by atoms with E-state index in [1.807, 2.05) is 0 Å². The van der Waals surface area contributed by atoms with E-state index in [1.165, 1.54) is 12.3 Å². The summed E-state index contributed by atoms with van der Waals surface area (Å²) in [5.41, 5.74) is -3.75. The highest BCUT2D eigenvalue weighted by molar-refractivity contribution is 6.06. The van der Waals surface area contributed by atoms with Gasteiger partial charge in [-0.15, -0.1) is 0 Å². The summed E-state index contributed by atoms with van der Waals surface area (Å²) < 4.78 is 83.9. The molecule has 35 heavy (non-hydrogen) atoms. The van der Waals surface area contributed by atoms with E-state index in [0.717, 1.165) is 0 Å². The molecule has 0 aliphatic heterocycles. The van der Waals surface area contributed by atoms with Gasteiger partial charge in [-0.1, -0.05) is 36.4 Å². The molecule has 2 aromatic heterocycles. The summed E-state index contributed by atoms with van der Waals surface area (Å²) >= 11 is 0. The van der Waals surface area contributed by atoms with Crippen molar-refractivity contribution < 1.29 is 35.6 Å². The summed E-state index contributed by atoms with van der Waals surface area (Å²) in [6, 6.07) is 12.4. The Morgan fingerprint density at radius 1 is 0.886 bits per heavy atom. The fraction of sp³-hybridized carbons (Fsp3) is 0.125. The molecule has 1 N–H and O–H groups in total. The zero-order chi connectivity index (χ0) is 25.4. The smallest absolute Gasteiger partial charge is 0.415 e. The van der Waals surface area contributed by atoms with E-state index >= 15 is 0 Å². The molecule has 0 aliphatic rings. The molecule has 0 aliphatic carbocycles. The van der Waals surface area contributed by atoms with Gasteiger partial charge in [-0.2, -0.15) is 26.3 Å². The standard InChI is InChI=1S/C24H14F6N2O3/c25-23(26,27)15-9-13(10-16(11-15)24(28,29)30)12-32-21(33)20-18(14-5-2-1-3-6-14)17-7-4-8-31-19(17)22(34)35-20/h1-11H,12H2,(H,32,33). The van der Waals surface area contributed by atoms with Crippen molar-refractivity contribution in [2.45, 2.75) is 18.9 Å². The minimum absolute atomic E-state index is 0.00575. The molecular weight excluding hydrogens is 478 g/mol. The van der Waals surface area contributed by atoms with Crippen LogP contribution in [0.1, 0.15) is 27.2 Å². The Kier molecular flexibility index (Phi) is 6.10. The maximum Gasteiger partial charge on any atom is 0.416 e. The van der Waals surface area contributed by atoms with Gasteiger partial charge < -0.3 is 9.73 Å². The van der Waals surface area contributed by atoms with E-state index in [-0.39, 0.29) is 17.1 Å². The Labute approximate surface area is 193 Å². The second-order valence-corrected chi connectivity index (χ2v) is 7.46. The van der Waals surface area contributed by atoms with Crippen molar-refractivity contribution >= 4 is 16.8 Å². The lowest BCUT2D eigenvalue weighted by Crippen LogP contribution is -2.25. The van der Waals surface area contributed by atoms with Crippen LogP contribution in [0, 0.1) is 0 Å². The lowest BCUT2D eigenvalue weighted by Gasteiger charge is -2.15. The first-order chi connectivity index (χ1) is 16.4. The van der Waals surface area contributed by atoms with Gasteiger partial charge >= 0.3 is 18.0 Å². The number of nitrogens with zero attached hydrogens (tertiary/aromatic N) is 1. The average molecular weight is 492 g/mol. The average Bonchev–Trinajstić information content (AvgIpc) is 2.82. The van der Waals surface area contributed by atoms with Gasteiger partial charge in [-0.25, -0.2) is 9.78 Å². The maximum atomic E-state index is 13.1. The monoisotopic (exact) mass is 492 g/mol. The van der Waals surface area contributed by atoms with Crippen LogP contribution in [0.25, 0.3) is 22.0 Å². The molecular formula is C24H14F6N2O3. The molecule has 2 heterocycles. The van der Waals surface area contributed by atoms with E-state index in [9.17, 15) is 35.9 Å². The van der Waals surface area contributed by atoms with Crippen LogP contribution in [-0.2, 0) is 18.9 Å². The van der Waals surface area contributed by atoms with Crippen molar-refractivity contribution in [1.29, 1.82) is 0 Å². The van der Waals surface area contributed by atoms with Crippen molar-refractivity contribution in [1.82, 2.24) is 10.3 Å². The van der Waals surface area contributed by atoms with Gasteiger partial charge in [0.15, 0.2) is 5.52 Å². The Morgan fingerprint density at radius 3 is 2.11 bits per heavy atom. The van der Waals surface area contributed by atoms with Crippen LogP contribution in [0.4, 0.5) is 26.3 Å². The normalized spacial score (nSPS) is 12.1. The van der Waals surface area contributed by atoms with Gasteiger partial charge in [0.1, 0.15) is 0 Å². The number of nitrogens with one attached hydrogen (secondary N) is 1. The summed E-state index contributed by atoms with van der Waals surface area (Å²) in [5.74, 6) is -1.46. The summed E-state index contributed by atoms with van der Waals surface area (Å²) in [5, 5.41) is 2.54. The first-order valence-electron chi connectivity index (χ1n) is 9.99. The molecule has 4 rings (SSSR count). The van der Waals surface area contributed by atoms with Crippen LogP contribution in [0.5, 0.6) is 0 Å². The number of benzene rings is 2. The van der Waals surface area contributed by atoms with Crippen molar-refractivity contribution in [3.63, 3.8) is 0 Å². The molecule has 1 amide bonds. The molecule has 0 atom stereocenters. The second-order valence-electron chi connectivity index (χ2n) is 7.46. The van der Waals surface area contributed by atoms with E-state index < -0.39 is 52.9 Å². The van der Waals surface area contributed by atoms with Crippen molar-refractivity contribution in [3.05, 3.63) is 99.7 Å². The van der Waals surface area contributed by atoms with Crippen LogP contribution < -0.4 is 10.9 Å². The predicted octanol–water partition coefficient (Wildman–Crippen LogP) is 5.82.